The molecular formula is C15H15FN2O2S. The molecule has 0 saturated heterocycles. The van der Waals surface area contributed by atoms with Crippen LogP contribution in [0.3, 0.4) is 0 Å². The number of thioether (sulfide) groups is 1. The maximum absolute atomic E-state index is 13.0. The van der Waals surface area contributed by atoms with Crippen molar-refractivity contribution in [1.29, 1.82) is 0 Å². The third kappa shape index (κ3) is 3.72. The fourth-order valence-electron chi connectivity index (χ4n) is 1.93. The Bertz CT molecular complexity index is 634. The second-order valence-electron chi connectivity index (χ2n) is 4.65. The molecular weight excluding hydrogens is 291 g/mol. The number of rotatable bonds is 5. The highest BCUT2D eigenvalue weighted by Crippen LogP contribution is 2.40. The molecule has 2 aromatic rings. The van der Waals surface area contributed by atoms with Crippen molar-refractivity contribution in [2.24, 2.45) is 0 Å². The minimum absolute atomic E-state index is 0.333. The zero-order valence-corrected chi connectivity index (χ0v) is 12.2. The Hall–Kier alpha value is -2.08. The van der Waals surface area contributed by atoms with Crippen LogP contribution >= 0.6 is 11.8 Å². The van der Waals surface area contributed by atoms with Crippen LogP contribution in [0.2, 0.25) is 0 Å². The first-order chi connectivity index (χ1) is 9.99. The molecule has 0 aliphatic carbocycles. The van der Waals surface area contributed by atoms with Gasteiger partial charge in [0, 0.05) is 22.4 Å². The van der Waals surface area contributed by atoms with Crippen LogP contribution < -0.4 is 5.73 Å². The highest BCUT2D eigenvalue weighted by Gasteiger charge is 2.29. The number of nitrogens with two attached hydrogens (primary N) is 1. The van der Waals surface area contributed by atoms with Gasteiger partial charge in [-0.05, 0) is 29.8 Å². The number of halogens is 1. The second-order valence-corrected chi connectivity index (χ2v) is 5.84. The molecule has 2 aromatic carbocycles. The molecule has 0 fully saturated rings. The van der Waals surface area contributed by atoms with E-state index in [0.29, 0.717) is 11.3 Å². The molecule has 0 amide bonds. The highest BCUT2D eigenvalue weighted by molar-refractivity contribution is 7.99. The number of nitrogen functional groups attached to an aromatic ring is 1. The molecule has 2 rings (SSSR count). The number of hydrogen-bond donors (Lipinski definition) is 1. The Labute approximate surface area is 126 Å². The molecule has 6 heteroatoms. The average Bonchev–Trinajstić information content (AvgIpc) is 2.47. The zero-order chi connectivity index (χ0) is 15.4. The van der Waals surface area contributed by atoms with Crippen molar-refractivity contribution in [3.63, 3.8) is 0 Å². The monoisotopic (exact) mass is 306 g/mol. The Morgan fingerprint density at radius 3 is 2.38 bits per heavy atom. The molecule has 4 nitrogen and oxygen atoms in total. The third-order valence-corrected chi connectivity index (χ3v) is 4.69. The minimum atomic E-state index is -0.819. The number of hydrogen-bond acceptors (Lipinski definition) is 4. The number of para-hydroxylation sites is 1. The van der Waals surface area contributed by atoms with Gasteiger partial charge in [-0.3, -0.25) is 10.1 Å². The van der Waals surface area contributed by atoms with Crippen molar-refractivity contribution in [2.75, 3.05) is 5.73 Å². The van der Waals surface area contributed by atoms with Crippen LogP contribution in [0.4, 0.5) is 10.1 Å². The third-order valence-electron chi connectivity index (χ3n) is 3.14. The van der Waals surface area contributed by atoms with Crippen LogP contribution in [0.1, 0.15) is 17.7 Å². The van der Waals surface area contributed by atoms with Crippen LogP contribution in [-0.4, -0.2) is 11.0 Å². The van der Waals surface area contributed by atoms with Crippen molar-refractivity contribution >= 4 is 17.4 Å². The van der Waals surface area contributed by atoms with E-state index in [1.54, 1.807) is 25.1 Å². The average molecular weight is 306 g/mol. The van der Waals surface area contributed by atoms with Crippen molar-refractivity contribution < 1.29 is 9.31 Å². The molecule has 2 atom stereocenters. The van der Waals surface area contributed by atoms with Gasteiger partial charge in [0.05, 0.1) is 0 Å². The lowest BCUT2D eigenvalue weighted by Crippen LogP contribution is -2.22. The van der Waals surface area contributed by atoms with Gasteiger partial charge in [-0.15, -0.1) is 11.8 Å². The van der Waals surface area contributed by atoms with Gasteiger partial charge >= 0.3 is 0 Å². The molecule has 0 heterocycles. The van der Waals surface area contributed by atoms with Crippen molar-refractivity contribution in [1.82, 2.24) is 0 Å². The van der Waals surface area contributed by atoms with Gasteiger partial charge in [0.1, 0.15) is 11.1 Å². The van der Waals surface area contributed by atoms with E-state index in [1.807, 2.05) is 18.2 Å². The van der Waals surface area contributed by atoms with Gasteiger partial charge in [-0.25, -0.2) is 4.39 Å². The highest BCUT2D eigenvalue weighted by atomic mass is 32.2. The summed E-state index contributed by atoms with van der Waals surface area (Å²) >= 11 is 1.32. The van der Waals surface area contributed by atoms with Crippen LogP contribution in [0, 0.1) is 15.9 Å². The van der Waals surface area contributed by atoms with Gasteiger partial charge in [0.15, 0.2) is 0 Å². The molecule has 0 aliphatic heterocycles. The zero-order valence-electron chi connectivity index (χ0n) is 11.4. The molecule has 0 radical (unpaired) electrons. The first-order valence-corrected chi connectivity index (χ1v) is 7.27. The van der Waals surface area contributed by atoms with E-state index in [-0.39, 0.29) is 10.7 Å². The smallest absolute Gasteiger partial charge is 0.226 e. The largest absolute Gasteiger partial charge is 0.398 e. The molecule has 110 valence electrons. The number of nitrogens with zero attached hydrogens (tertiary/aromatic N) is 1. The molecule has 0 aliphatic rings. The van der Waals surface area contributed by atoms with Crippen LogP contribution in [0.25, 0.3) is 0 Å². The van der Waals surface area contributed by atoms with Crippen molar-refractivity contribution in [3.05, 3.63) is 70.0 Å². The van der Waals surface area contributed by atoms with Crippen LogP contribution in [0.5, 0.6) is 0 Å². The summed E-state index contributed by atoms with van der Waals surface area (Å²) in [5.41, 5.74) is 7.17. The van der Waals surface area contributed by atoms with E-state index < -0.39 is 11.3 Å². The predicted molar refractivity (Wildman–Crippen MR) is 82.3 cm³/mol. The lowest BCUT2D eigenvalue weighted by Gasteiger charge is -2.19. The Balaban J connectivity index is 2.35. The van der Waals surface area contributed by atoms with Gasteiger partial charge in [0.2, 0.25) is 6.04 Å². The van der Waals surface area contributed by atoms with E-state index in [1.165, 1.54) is 23.9 Å². The second kappa shape index (κ2) is 6.58. The van der Waals surface area contributed by atoms with E-state index in [9.17, 15) is 14.5 Å². The first-order valence-electron chi connectivity index (χ1n) is 6.39. The van der Waals surface area contributed by atoms with E-state index in [4.69, 9.17) is 5.73 Å². The molecule has 0 saturated carbocycles. The molecule has 2 N–H and O–H groups in total. The SMILES string of the molecule is C[C@@H]([C@@H](Sc1ccccc1N)c1ccc(F)cc1)[N+](=O)[O-]. The minimum Gasteiger partial charge on any atom is -0.398 e. The molecule has 0 spiro atoms. The van der Waals surface area contributed by atoms with Gasteiger partial charge in [-0.2, -0.15) is 0 Å². The fraction of sp³-hybridized carbons (Fsp3) is 0.200. The maximum atomic E-state index is 13.0. The summed E-state index contributed by atoms with van der Waals surface area (Å²) in [6, 6.07) is 12.2. The topological polar surface area (TPSA) is 69.2 Å². The van der Waals surface area contributed by atoms with Crippen molar-refractivity contribution in [2.45, 2.75) is 23.1 Å². The Morgan fingerprint density at radius 1 is 1.19 bits per heavy atom. The van der Waals surface area contributed by atoms with Crippen LogP contribution in [0.15, 0.2) is 53.4 Å². The summed E-state index contributed by atoms with van der Waals surface area (Å²) in [6.45, 7) is 1.54. The summed E-state index contributed by atoms with van der Waals surface area (Å²) in [5.74, 6) is -0.365. The summed E-state index contributed by atoms with van der Waals surface area (Å²) < 4.78 is 13.0. The van der Waals surface area contributed by atoms with E-state index >= 15 is 0 Å². The Kier molecular flexibility index (Phi) is 4.80. The summed E-state index contributed by atoms with van der Waals surface area (Å²) in [4.78, 5) is 11.6. The molecule has 21 heavy (non-hydrogen) atoms. The summed E-state index contributed by atoms with van der Waals surface area (Å²) in [7, 11) is 0. The predicted octanol–water partition coefficient (Wildman–Crippen LogP) is 3.91. The first kappa shape index (κ1) is 15.3. The Morgan fingerprint density at radius 2 is 1.81 bits per heavy atom. The molecule has 0 unspecified atom stereocenters. The molecule has 0 bridgehead atoms. The van der Waals surface area contributed by atoms with Crippen LogP contribution in [-0.2, 0) is 0 Å². The molecule has 0 aromatic heterocycles. The lowest BCUT2D eigenvalue weighted by atomic mass is 10.1. The standard InChI is InChI=1S/C15H15FN2O2S/c1-10(18(19)20)15(11-6-8-12(16)9-7-11)21-14-5-3-2-4-13(14)17/h2-10,15H,17H2,1H3/t10-,15+/m0/s1. The van der Waals surface area contributed by atoms with Crippen molar-refractivity contribution in [3.8, 4) is 0 Å². The lowest BCUT2D eigenvalue weighted by molar-refractivity contribution is -0.518. The van der Waals surface area contributed by atoms with E-state index in [0.717, 1.165) is 4.90 Å². The number of anilines is 1. The number of benzene rings is 2. The summed E-state index contributed by atoms with van der Waals surface area (Å²) in [5, 5.41) is 10.7. The van der Waals surface area contributed by atoms with Gasteiger partial charge < -0.3 is 5.73 Å². The number of nitro groups is 1. The van der Waals surface area contributed by atoms with Gasteiger partial charge in [0.25, 0.3) is 0 Å². The van der Waals surface area contributed by atoms with Gasteiger partial charge in [-0.1, -0.05) is 24.3 Å². The summed E-state index contributed by atoms with van der Waals surface area (Å²) in [6.07, 6.45) is 0. The van der Waals surface area contributed by atoms with E-state index in [2.05, 4.69) is 0 Å². The normalized spacial score (nSPS) is 13.6. The fourth-order valence-corrected chi connectivity index (χ4v) is 3.16. The maximum Gasteiger partial charge on any atom is 0.226 e. The quantitative estimate of drug-likeness (QED) is 0.393.